The maximum absolute atomic E-state index is 4.31. The van der Waals surface area contributed by atoms with Gasteiger partial charge in [-0.15, -0.1) is 0 Å². The summed E-state index contributed by atoms with van der Waals surface area (Å²) in [5, 5.41) is 2.91. The molecule has 2 aromatic rings. The van der Waals surface area contributed by atoms with Gasteiger partial charge in [0.05, 0.1) is 11.0 Å². The maximum Gasteiger partial charge on any atom is 0.205 e. The third-order valence-electron chi connectivity index (χ3n) is 1.88. The van der Waals surface area contributed by atoms with Crippen molar-refractivity contribution in [1.82, 2.24) is 9.97 Å². The van der Waals surface area contributed by atoms with Crippen LogP contribution < -0.4 is 5.32 Å². The van der Waals surface area contributed by atoms with Crippen LogP contribution in [-0.4, -0.2) is 9.97 Å². The van der Waals surface area contributed by atoms with Crippen molar-refractivity contribution in [2.75, 3.05) is 5.32 Å². The quantitative estimate of drug-likeness (QED) is 0.803. The van der Waals surface area contributed by atoms with E-state index >= 15 is 0 Å². The van der Waals surface area contributed by atoms with Gasteiger partial charge in [0.25, 0.3) is 0 Å². The Morgan fingerprint density at radius 1 is 1.24 bits per heavy atom. The largest absolute Gasteiger partial charge is 0.333 e. The van der Waals surface area contributed by atoms with Crippen molar-refractivity contribution in [3.8, 4) is 0 Å². The van der Waals surface area contributed by atoms with Gasteiger partial charge in [0.15, 0.2) is 0 Å². The third-order valence-corrected chi connectivity index (χ3v) is 1.88. The summed E-state index contributed by atoms with van der Waals surface area (Å²) in [6.07, 6.45) is 1.60. The minimum Gasteiger partial charge on any atom is -0.333 e. The SMILES string of the molecule is C=CNc1nc2ccc(C)cc2[nH]1.CC.CC. The van der Waals surface area contributed by atoms with Gasteiger partial charge in [-0.1, -0.05) is 40.3 Å². The third kappa shape index (κ3) is 4.31. The highest BCUT2D eigenvalue weighted by atomic mass is 15.1. The zero-order chi connectivity index (χ0) is 13.3. The Balaban J connectivity index is 0.000000581. The lowest BCUT2D eigenvalue weighted by atomic mass is 10.2. The maximum atomic E-state index is 4.31. The van der Waals surface area contributed by atoms with Gasteiger partial charge in [0, 0.05) is 0 Å². The Morgan fingerprint density at radius 2 is 1.88 bits per heavy atom. The van der Waals surface area contributed by atoms with E-state index in [1.165, 1.54) is 5.56 Å². The van der Waals surface area contributed by atoms with Crippen molar-refractivity contribution < 1.29 is 0 Å². The minimum atomic E-state index is 0.732. The fraction of sp³-hybridized carbons (Fsp3) is 0.357. The number of H-pyrrole nitrogens is 1. The Bertz CT molecular complexity index is 444. The lowest BCUT2D eigenvalue weighted by Crippen LogP contribution is -1.86. The molecule has 17 heavy (non-hydrogen) atoms. The van der Waals surface area contributed by atoms with Crippen molar-refractivity contribution >= 4 is 17.0 Å². The van der Waals surface area contributed by atoms with E-state index in [4.69, 9.17) is 0 Å². The van der Waals surface area contributed by atoms with Gasteiger partial charge >= 0.3 is 0 Å². The molecule has 0 atom stereocenters. The predicted octanol–water partition coefficient (Wildman–Crippen LogP) is 4.48. The second kappa shape index (κ2) is 8.39. The lowest BCUT2D eigenvalue weighted by Gasteiger charge is -1.89. The van der Waals surface area contributed by atoms with Gasteiger partial charge in [0.2, 0.25) is 5.95 Å². The molecule has 0 unspecified atom stereocenters. The summed E-state index contributed by atoms with van der Waals surface area (Å²) in [7, 11) is 0. The van der Waals surface area contributed by atoms with Crippen molar-refractivity contribution in [3.05, 3.63) is 36.5 Å². The van der Waals surface area contributed by atoms with Crippen LogP contribution in [0.2, 0.25) is 0 Å². The summed E-state index contributed by atoms with van der Waals surface area (Å²) in [5.41, 5.74) is 3.24. The van der Waals surface area contributed by atoms with Crippen LogP contribution in [0.3, 0.4) is 0 Å². The fourth-order valence-corrected chi connectivity index (χ4v) is 1.29. The number of nitrogens with zero attached hydrogens (tertiary/aromatic N) is 1. The lowest BCUT2D eigenvalue weighted by molar-refractivity contribution is 1.31. The molecule has 0 saturated carbocycles. The first kappa shape index (κ1) is 15.2. The van der Waals surface area contributed by atoms with Crippen LogP contribution in [0.1, 0.15) is 33.3 Å². The summed E-state index contributed by atoms with van der Waals surface area (Å²) >= 11 is 0. The topological polar surface area (TPSA) is 40.7 Å². The van der Waals surface area contributed by atoms with Gasteiger partial charge in [-0.25, -0.2) is 4.98 Å². The number of hydrogen-bond donors (Lipinski definition) is 2. The number of hydrogen-bond acceptors (Lipinski definition) is 2. The van der Waals surface area contributed by atoms with Crippen LogP contribution in [0.25, 0.3) is 11.0 Å². The molecule has 2 N–H and O–H groups in total. The molecule has 0 spiro atoms. The normalized spacial score (nSPS) is 8.53. The highest BCUT2D eigenvalue weighted by Gasteiger charge is 1.99. The molecule has 0 amide bonds. The van der Waals surface area contributed by atoms with Crippen LogP contribution in [0.5, 0.6) is 0 Å². The molecule has 94 valence electrons. The van der Waals surface area contributed by atoms with E-state index in [0.29, 0.717) is 0 Å². The highest BCUT2D eigenvalue weighted by Crippen LogP contribution is 2.15. The smallest absolute Gasteiger partial charge is 0.205 e. The van der Waals surface area contributed by atoms with Gasteiger partial charge in [-0.05, 0) is 30.8 Å². The number of imidazole rings is 1. The minimum absolute atomic E-state index is 0.732. The first-order valence-electron chi connectivity index (χ1n) is 6.13. The first-order valence-corrected chi connectivity index (χ1v) is 6.13. The molecule has 1 aromatic carbocycles. The molecule has 0 aliphatic carbocycles. The van der Waals surface area contributed by atoms with Crippen LogP contribution in [-0.2, 0) is 0 Å². The van der Waals surface area contributed by atoms with Crippen LogP contribution in [0.15, 0.2) is 31.0 Å². The van der Waals surface area contributed by atoms with E-state index in [9.17, 15) is 0 Å². The fourth-order valence-electron chi connectivity index (χ4n) is 1.29. The number of benzene rings is 1. The van der Waals surface area contributed by atoms with Crippen LogP contribution >= 0.6 is 0 Å². The first-order chi connectivity index (χ1) is 8.29. The van der Waals surface area contributed by atoms with E-state index in [1.54, 1.807) is 6.20 Å². The molecule has 3 heteroatoms. The number of aromatic nitrogens is 2. The Labute approximate surface area is 104 Å². The summed E-state index contributed by atoms with van der Waals surface area (Å²) < 4.78 is 0. The van der Waals surface area contributed by atoms with Crippen molar-refractivity contribution in [3.63, 3.8) is 0 Å². The Morgan fingerprint density at radius 3 is 2.47 bits per heavy atom. The second-order valence-electron chi connectivity index (χ2n) is 2.95. The van der Waals surface area contributed by atoms with E-state index in [1.807, 2.05) is 39.8 Å². The van der Waals surface area contributed by atoms with Crippen molar-refractivity contribution in [1.29, 1.82) is 0 Å². The number of rotatable bonds is 2. The zero-order valence-electron chi connectivity index (χ0n) is 11.5. The molecule has 0 radical (unpaired) electrons. The Hall–Kier alpha value is -1.77. The van der Waals surface area contributed by atoms with Gasteiger partial charge < -0.3 is 10.3 Å². The molecule has 3 nitrogen and oxygen atoms in total. The van der Waals surface area contributed by atoms with Crippen molar-refractivity contribution in [2.45, 2.75) is 34.6 Å². The van der Waals surface area contributed by atoms with Gasteiger partial charge in [-0.2, -0.15) is 0 Å². The summed E-state index contributed by atoms with van der Waals surface area (Å²) in [6.45, 7) is 13.6. The standard InChI is InChI=1S/C10H11N3.2C2H6/c1-3-11-10-12-8-5-4-7(2)6-9(8)13-10;2*1-2/h3-6H,1H2,2H3,(H2,11,12,13);2*1-2H3. The molecule has 1 heterocycles. The summed E-state index contributed by atoms with van der Waals surface area (Å²) in [4.78, 5) is 7.45. The molecule has 0 saturated heterocycles. The van der Waals surface area contributed by atoms with Gasteiger partial charge in [0.1, 0.15) is 0 Å². The molecule has 0 aliphatic heterocycles. The molecule has 0 aliphatic rings. The summed E-state index contributed by atoms with van der Waals surface area (Å²) in [6, 6.07) is 6.10. The second-order valence-corrected chi connectivity index (χ2v) is 2.95. The monoisotopic (exact) mass is 233 g/mol. The van der Waals surface area contributed by atoms with Crippen LogP contribution in [0.4, 0.5) is 5.95 Å². The summed E-state index contributed by atoms with van der Waals surface area (Å²) in [5.74, 6) is 0.732. The van der Waals surface area contributed by atoms with Crippen LogP contribution in [0, 0.1) is 6.92 Å². The molecule has 2 rings (SSSR count). The number of nitrogens with one attached hydrogen (secondary N) is 2. The molecular formula is C14H23N3. The van der Waals surface area contributed by atoms with Crippen molar-refractivity contribution in [2.24, 2.45) is 0 Å². The molecule has 0 fully saturated rings. The highest BCUT2D eigenvalue weighted by molar-refractivity contribution is 5.78. The Kier molecular flexibility index (Phi) is 7.52. The number of aromatic amines is 1. The van der Waals surface area contributed by atoms with E-state index in [0.717, 1.165) is 17.0 Å². The van der Waals surface area contributed by atoms with Gasteiger partial charge in [-0.3, -0.25) is 0 Å². The number of anilines is 1. The molecule has 0 bridgehead atoms. The van der Waals surface area contributed by atoms with E-state index in [-0.39, 0.29) is 0 Å². The van der Waals surface area contributed by atoms with E-state index < -0.39 is 0 Å². The number of fused-ring (bicyclic) bond motifs is 1. The number of aryl methyl sites for hydroxylation is 1. The van der Waals surface area contributed by atoms with E-state index in [2.05, 4.69) is 34.9 Å². The average molecular weight is 233 g/mol. The zero-order valence-corrected chi connectivity index (χ0v) is 11.5. The molecular weight excluding hydrogens is 210 g/mol. The molecule has 1 aromatic heterocycles. The predicted molar refractivity (Wildman–Crippen MR) is 77.3 cm³/mol. The average Bonchev–Trinajstić information content (AvgIpc) is 2.76.